The number of hydrogen-bond donors (Lipinski definition) is 2. The molecular formula is C16H15F3N2O3. The smallest absolute Gasteiger partial charge is 0.416 e. The predicted molar refractivity (Wildman–Crippen MR) is 82.1 cm³/mol. The average molecular weight is 340 g/mol. The fourth-order valence-electron chi connectivity index (χ4n) is 2.04. The molecule has 2 rings (SSSR count). The Labute approximate surface area is 136 Å². The number of carbonyl (C=O) groups excluding carboxylic acids is 1. The van der Waals surface area contributed by atoms with Gasteiger partial charge >= 0.3 is 6.18 Å². The molecule has 0 fully saturated rings. The van der Waals surface area contributed by atoms with Crippen LogP contribution in [0, 0.1) is 0 Å². The Morgan fingerprint density at radius 3 is 2.38 bits per heavy atom. The average Bonchev–Trinajstić information content (AvgIpc) is 2.58. The molecule has 0 aliphatic heterocycles. The minimum absolute atomic E-state index is 0.0973. The van der Waals surface area contributed by atoms with E-state index in [1.165, 1.54) is 32.4 Å². The highest BCUT2D eigenvalue weighted by molar-refractivity contribution is 5.98. The van der Waals surface area contributed by atoms with Gasteiger partial charge in [-0.05, 0) is 30.3 Å². The zero-order chi connectivity index (χ0) is 17.7. The first-order valence-electron chi connectivity index (χ1n) is 6.81. The molecule has 0 bridgehead atoms. The summed E-state index contributed by atoms with van der Waals surface area (Å²) >= 11 is 0. The first kappa shape index (κ1) is 17.5. The summed E-state index contributed by atoms with van der Waals surface area (Å²) in [5, 5.41) is 0. The molecule has 128 valence electrons. The van der Waals surface area contributed by atoms with E-state index in [0.717, 1.165) is 12.1 Å². The van der Waals surface area contributed by atoms with Gasteiger partial charge in [-0.15, -0.1) is 0 Å². The van der Waals surface area contributed by atoms with E-state index in [2.05, 4.69) is 10.9 Å². The lowest BCUT2D eigenvalue weighted by Gasteiger charge is -2.14. The molecule has 0 spiro atoms. The lowest BCUT2D eigenvalue weighted by Crippen LogP contribution is -2.29. The predicted octanol–water partition coefficient (Wildman–Crippen LogP) is 3.48. The minimum Gasteiger partial charge on any atom is -0.493 e. The Morgan fingerprint density at radius 1 is 1.04 bits per heavy atom. The van der Waals surface area contributed by atoms with Gasteiger partial charge in [0, 0.05) is 0 Å². The maximum Gasteiger partial charge on any atom is 0.416 e. The number of benzene rings is 2. The molecule has 0 saturated heterocycles. The number of hydrazine groups is 1. The third-order valence-corrected chi connectivity index (χ3v) is 3.16. The molecule has 0 unspecified atom stereocenters. The summed E-state index contributed by atoms with van der Waals surface area (Å²) in [6.45, 7) is 0. The topological polar surface area (TPSA) is 59.6 Å². The number of anilines is 1. The maximum atomic E-state index is 12.7. The quantitative estimate of drug-likeness (QED) is 0.818. The number of nitrogens with one attached hydrogen (secondary N) is 2. The van der Waals surface area contributed by atoms with Gasteiger partial charge in [-0.3, -0.25) is 15.6 Å². The van der Waals surface area contributed by atoms with Crippen LogP contribution in [0.25, 0.3) is 0 Å². The Bertz CT molecular complexity index is 733. The van der Waals surface area contributed by atoms with Crippen molar-refractivity contribution < 1.29 is 27.4 Å². The molecule has 8 heteroatoms. The van der Waals surface area contributed by atoms with Gasteiger partial charge in [0.25, 0.3) is 5.91 Å². The molecule has 0 aromatic heterocycles. The molecule has 2 aromatic carbocycles. The van der Waals surface area contributed by atoms with Crippen molar-refractivity contribution in [3.63, 3.8) is 0 Å². The van der Waals surface area contributed by atoms with Gasteiger partial charge in [-0.2, -0.15) is 13.2 Å². The van der Waals surface area contributed by atoms with E-state index in [9.17, 15) is 18.0 Å². The number of carbonyl (C=O) groups is 1. The van der Waals surface area contributed by atoms with Gasteiger partial charge in [0.2, 0.25) is 0 Å². The standard InChI is InChI=1S/C16H15F3N2O3/c1-23-13-8-4-7-12(14(13)24-2)15(22)21-20-11-6-3-5-10(9-11)16(17,18)19/h3-9,20H,1-2H3,(H,21,22). The van der Waals surface area contributed by atoms with Crippen molar-refractivity contribution in [2.24, 2.45) is 0 Å². The number of rotatable bonds is 5. The second-order valence-corrected chi connectivity index (χ2v) is 4.70. The number of ether oxygens (including phenoxy) is 2. The summed E-state index contributed by atoms with van der Waals surface area (Å²) in [6, 6.07) is 9.20. The molecule has 2 aromatic rings. The van der Waals surface area contributed by atoms with E-state index in [1.54, 1.807) is 12.1 Å². The minimum atomic E-state index is -4.46. The fraction of sp³-hybridized carbons (Fsp3) is 0.188. The number of methoxy groups -OCH3 is 2. The molecule has 2 N–H and O–H groups in total. The van der Waals surface area contributed by atoms with Crippen LogP contribution >= 0.6 is 0 Å². The van der Waals surface area contributed by atoms with E-state index < -0.39 is 17.6 Å². The maximum absolute atomic E-state index is 12.7. The molecule has 0 atom stereocenters. The highest BCUT2D eigenvalue weighted by atomic mass is 19.4. The molecule has 0 saturated carbocycles. The van der Waals surface area contributed by atoms with Crippen LogP contribution in [0.4, 0.5) is 18.9 Å². The van der Waals surface area contributed by atoms with Gasteiger partial charge in [-0.25, -0.2) is 0 Å². The molecule has 24 heavy (non-hydrogen) atoms. The third kappa shape index (κ3) is 3.89. The molecule has 0 aliphatic rings. The van der Waals surface area contributed by atoms with Crippen LogP contribution < -0.4 is 20.3 Å². The Balaban J connectivity index is 2.15. The zero-order valence-corrected chi connectivity index (χ0v) is 12.9. The monoisotopic (exact) mass is 340 g/mol. The van der Waals surface area contributed by atoms with Crippen molar-refractivity contribution in [1.29, 1.82) is 0 Å². The largest absolute Gasteiger partial charge is 0.493 e. The van der Waals surface area contributed by atoms with Crippen LogP contribution in [0.5, 0.6) is 11.5 Å². The summed E-state index contributed by atoms with van der Waals surface area (Å²) in [6.07, 6.45) is -4.46. The first-order valence-corrected chi connectivity index (χ1v) is 6.81. The van der Waals surface area contributed by atoms with Crippen molar-refractivity contribution >= 4 is 11.6 Å². The van der Waals surface area contributed by atoms with Gasteiger partial charge in [-0.1, -0.05) is 12.1 Å². The highest BCUT2D eigenvalue weighted by Crippen LogP contribution is 2.31. The Hall–Kier alpha value is -2.90. The Morgan fingerprint density at radius 2 is 1.75 bits per heavy atom. The summed E-state index contributed by atoms with van der Waals surface area (Å²) in [5.74, 6) is 0.00993. The van der Waals surface area contributed by atoms with E-state index in [4.69, 9.17) is 9.47 Å². The van der Waals surface area contributed by atoms with Crippen LogP contribution in [0.15, 0.2) is 42.5 Å². The van der Waals surface area contributed by atoms with E-state index in [0.29, 0.717) is 5.75 Å². The molecule has 0 aliphatic carbocycles. The van der Waals surface area contributed by atoms with Crippen LogP contribution in [-0.4, -0.2) is 20.1 Å². The normalized spacial score (nSPS) is 10.9. The first-order chi connectivity index (χ1) is 11.4. The van der Waals surface area contributed by atoms with Crippen molar-refractivity contribution in [1.82, 2.24) is 5.43 Å². The van der Waals surface area contributed by atoms with Gasteiger partial charge in [0.1, 0.15) is 0 Å². The highest BCUT2D eigenvalue weighted by Gasteiger charge is 2.30. The molecular weight excluding hydrogens is 325 g/mol. The van der Waals surface area contributed by atoms with Crippen molar-refractivity contribution in [3.05, 3.63) is 53.6 Å². The Kier molecular flexibility index (Phi) is 5.18. The third-order valence-electron chi connectivity index (χ3n) is 3.16. The van der Waals surface area contributed by atoms with Crippen LogP contribution in [-0.2, 0) is 6.18 Å². The van der Waals surface area contributed by atoms with E-state index in [1.807, 2.05) is 0 Å². The van der Waals surface area contributed by atoms with E-state index in [-0.39, 0.29) is 17.0 Å². The van der Waals surface area contributed by atoms with Gasteiger partial charge < -0.3 is 9.47 Å². The molecule has 5 nitrogen and oxygen atoms in total. The summed E-state index contributed by atoms with van der Waals surface area (Å²) in [5.41, 5.74) is 4.23. The van der Waals surface area contributed by atoms with Gasteiger partial charge in [0.05, 0.1) is 31.0 Å². The lowest BCUT2D eigenvalue weighted by molar-refractivity contribution is -0.137. The number of amides is 1. The number of alkyl halides is 3. The SMILES string of the molecule is COc1cccc(C(=O)NNc2cccc(C(F)(F)F)c2)c1OC. The zero-order valence-electron chi connectivity index (χ0n) is 12.9. The molecule has 0 heterocycles. The van der Waals surface area contributed by atoms with Gasteiger partial charge in [0.15, 0.2) is 11.5 Å². The lowest BCUT2D eigenvalue weighted by atomic mass is 10.1. The van der Waals surface area contributed by atoms with Crippen molar-refractivity contribution in [3.8, 4) is 11.5 Å². The van der Waals surface area contributed by atoms with Crippen molar-refractivity contribution in [2.75, 3.05) is 19.6 Å². The van der Waals surface area contributed by atoms with E-state index >= 15 is 0 Å². The second-order valence-electron chi connectivity index (χ2n) is 4.70. The summed E-state index contributed by atoms with van der Waals surface area (Å²) in [7, 11) is 2.81. The van der Waals surface area contributed by atoms with Crippen LogP contribution in [0.2, 0.25) is 0 Å². The molecule has 0 radical (unpaired) electrons. The second kappa shape index (κ2) is 7.12. The fourth-order valence-corrected chi connectivity index (χ4v) is 2.04. The number of halogens is 3. The van der Waals surface area contributed by atoms with Crippen LogP contribution in [0.3, 0.4) is 0 Å². The van der Waals surface area contributed by atoms with Crippen molar-refractivity contribution in [2.45, 2.75) is 6.18 Å². The number of para-hydroxylation sites is 1. The molecule has 1 amide bonds. The summed E-state index contributed by atoms with van der Waals surface area (Å²) in [4.78, 5) is 12.2. The van der Waals surface area contributed by atoms with Crippen LogP contribution in [0.1, 0.15) is 15.9 Å². The summed E-state index contributed by atoms with van der Waals surface area (Å²) < 4.78 is 48.2. The number of hydrogen-bond acceptors (Lipinski definition) is 4.